The molecule has 4 aromatic rings. The number of hydrogen-bond acceptors (Lipinski definition) is 10. The molecule has 0 radical (unpaired) electrons. The average molecular weight is 971 g/mol. The number of nitrogens with one attached hydrogen (secondary N) is 2. The monoisotopic (exact) mass is 969 g/mol. The Morgan fingerprint density at radius 1 is 0.815 bits per heavy atom. The smallest absolute Gasteiger partial charge is 0.380 e. The molecule has 8 rings (SSSR count). The maximum absolute atomic E-state index is 14.2. The van der Waals surface area contributed by atoms with Crippen molar-refractivity contribution >= 4 is 66.1 Å². The lowest BCUT2D eigenvalue weighted by atomic mass is 9.87. The van der Waals surface area contributed by atoms with Gasteiger partial charge < -0.3 is 10.2 Å². The van der Waals surface area contributed by atoms with Crippen LogP contribution in [0.3, 0.4) is 0 Å². The summed E-state index contributed by atoms with van der Waals surface area (Å²) in [5.41, 5.74) is -1.11. The molecule has 1 amide bonds. The SMILES string of the molecule is O=C(NS(=O)(=O)c1ccc(N[C@H](CCCN2C3CCC2CC3)CSc2ccccc2)c(S(=O)(=O)C(F)(F)F)c1)c1ccc(N2CCN(CC3=C(c4ccc(Cl)cc4)CCCC3)CC2)cc1. The van der Waals surface area contributed by atoms with Crippen LogP contribution in [0.5, 0.6) is 0 Å². The molecule has 0 saturated carbocycles. The van der Waals surface area contributed by atoms with E-state index in [0.717, 1.165) is 86.3 Å². The van der Waals surface area contributed by atoms with Crippen molar-refractivity contribution in [1.82, 2.24) is 14.5 Å². The van der Waals surface area contributed by atoms with Crippen molar-refractivity contribution in [3.8, 4) is 0 Å². The topological polar surface area (TPSA) is 119 Å². The number of sulfone groups is 1. The number of nitrogens with zero attached hydrogens (tertiary/aromatic N) is 3. The van der Waals surface area contributed by atoms with Gasteiger partial charge in [0.05, 0.1) is 10.6 Å². The second-order valence-electron chi connectivity index (χ2n) is 17.5. The van der Waals surface area contributed by atoms with Crippen molar-refractivity contribution in [2.75, 3.05) is 55.2 Å². The van der Waals surface area contributed by atoms with Gasteiger partial charge in [0.1, 0.15) is 4.90 Å². The second-order valence-corrected chi connectivity index (χ2v) is 22.6. The van der Waals surface area contributed by atoms with E-state index in [1.54, 1.807) is 12.1 Å². The van der Waals surface area contributed by atoms with Crippen LogP contribution < -0.4 is 14.9 Å². The van der Waals surface area contributed by atoms with Gasteiger partial charge in [-0.2, -0.15) is 13.2 Å². The summed E-state index contributed by atoms with van der Waals surface area (Å²) in [5.74, 6) is -0.594. The van der Waals surface area contributed by atoms with Gasteiger partial charge in [0, 0.05) is 77.8 Å². The van der Waals surface area contributed by atoms with Crippen LogP contribution >= 0.6 is 23.4 Å². The maximum atomic E-state index is 14.2. The minimum atomic E-state index is -6.03. The van der Waals surface area contributed by atoms with Crippen molar-refractivity contribution in [1.29, 1.82) is 0 Å². The molecule has 65 heavy (non-hydrogen) atoms. The molecule has 3 saturated heterocycles. The zero-order valence-electron chi connectivity index (χ0n) is 36.1. The van der Waals surface area contributed by atoms with Crippen LogP contribution in [0.2, 0.25) is 5.02 Å². The average Bonchev–Trinajstić information content (AvgIpc) is 3.88. The van der Waals surface area contributed by atoms with E-state index in [4.69, 9.17) is 11.6 Å². The van der Waals surface area contributed by atoms with Crippen LogP contribution in [0.15, 0.2) is 117 Å². The molecule has 4 aliphatic rings. The number of carbonyl (C=O) groups excluding carboxylic acids is 1. The number of rotatable bonds is 17. The molecule has 1 aliphatic carbocycles. The number of alkyl halides is 3. The summed E-state index contributed by atoms with van der Waals surface area (Å²) in [4.78, 5) is 19.4. The molecule has 4 aromatic carbocycles. The first-order valence-electron chi connectivity index (χ1n) is 22.4. The fraction of sp³-hybridized carbons (Fsp3) is 0.438. The summed E-state index contributed by atoms with van der Waals surface area (Å²) in [6, 6.07) is 27.2. The highest BCUT2D eigenvalue weighted by molar-refractivity contribution is 7.99. The Morgan fingerprint density at radius 2 is 1.48 bits per heavy atom. The van der Waals surface area contributed by atoms with Crippen molar-refractivity contribution in [2.45, 2.75) is 103 Å². The zero-order chi connectivity index (χ0) is 45.8. The lowest BCUT2D eigenvalue weighted by Crippen LogP contribution is -2.47. The Morgan fingerprint density at radius 3 is 2.14 bits per heavy atom. The molecule has 0 unspecified atom stereocenters. The van der Waals surface area contributed by atoms with E-state index in [0.29, 0.717) is 30.3 Å². The number of sulfonamides is 1. The lowest BCUT2D eigenvalue weighted by molar-refractivity contribution is -0.0435. The van der Waals surface area contributed by atoms with Crippen LogP contribution in [0, 0.1) is 0 Å². The first-order valence-corrected chi connectivity index (χ1v) is 26.7. The lowest BCUT2D eigenvalue weighted by Gasteiger charge is -2.37. The van der Waals surface area contributed by atoms with Gasteiger partial charge in [0.25, 0.3) is 25.8 Å². The Bertz CT molecular complexity index is 2540. The third-order valence-corrected chi connectivity index (χ3v) is 17.5. The Balaban J connectivity index is 0.925. The molecular formula is C48H55ClF3N5O5S3. The molecule has 3 heterocycles. The number of halogens is 4. The summed E-state index contributed by atoms with van der Waals surface area (Å²) >= 11 is 7.64. The number of carbonyl (C=O) groups is 1. The van der Waals surface area contributed by atoms with Crippen molar-refractivity contribution < 1.29 is 34.8 Å². The molecule has 0 aromatic heterocycles. The van der Waals surface area contributed by atoms with Crippen molar-refractivity contribution in [2.24, 2.45) is 0 Å². The number of anilines is 2. The van der Waals surface area contributed by atoms with Crippen LogP contribution in [-0.2, 0) is 19.9 Å². The van der Waals surface area contributed by atoms with Gasteiger partial charge in [-0.1, -0.05) is 47.5 Å². The normalized spacial score (nSPS) is 20.3. The number of hydrogen-bond donors (Lipinski definition) is 2. The molecule has 3 fully saturated rings. The fourth-order valence-electron chi connectivity index (χ4n) is 9.81. The molecule has 0 spiro atoms. The van der Waals surface area contributed by atoms with Crippen LogP contribution in [-0.4, -0.2) is 101 Å². The third-order valence-electron chi connectivity index (χ3n) is 13.3. The number of allylic oxidation sites excluding steroid dienone is 1. The van der Waals surface area contributed by atoms with E-state index in [1.165, 1.54) is 79.1 Å². The highest BCUT2D eigenvalue weighted by atomic mass is 35.5. The van der Waals surface area contributed by atoms with Crippen LogP contribution in [0.1, 0.15) is 80.1 Å². The molecule has 2 N–H and O–H groups in total. The number of benzene rings is 4. The predicted octanol–water partition coefficient (Wildman–Crippen LogP) is 9.88. The summed E-state index contributed by atoms with van der Waals surface area (Å²) < 4.78 is 98.0. The van der Waals surface area contributed by atoms with E-state index >= 15 is 0 Å². The first-order chi connectivity index (χ1) is 31.1. The van der Waals surface area contributed by atoms with Crippen LogP contribution in [0.25, 0.3) is 5.57 Å². The standard InChI is InChI=1S/C48H55ClF3N5O5S3/c49-37-16-12-34(13-17-37)44-11-5-4-7-36(44)32-55-27-29-56(30-28-55)39-18-14-35(15-19-39)47(58)54-65(61,62)43-24-25-45(46(31-43)64(59,60)48(50,51)52)53-38(33-63-42-9-2-1-3-10-42)8-6-26-57-40-20-21-41(57)23-22-40/h1-3,9-10,12-19,24-25,31,38,40-41,53H,4-8,11,20-23,26-30,32-33H2,(H,54,58)/t38-,40?,41?/m1/s1. The quantitative estimate of drug-likeness (QED) is 0.0991. The zero-order valence-corrected chi connectivity index (χ0v) is 39.3. The Kier molecular flexibility index (Phi) is 14.9. The largest absolute Gasteiger partial charge is 0.501 e. The van der Waals surface area contributed by atoms with Gasteiger partial charge in [-0.15, -0.1) is 11.8 Å². The fourth-order valence-corrected chi connectivity index (χ4v) is 13.0. The third kappa shape index (κ3) is 11.4. The van der Waals surface area contributed by atoms with E-state index in [2.05, 4.69) is 32.1 Å². The van der Waals surface area contributed by atoms with Gasteiger partial charge in [-0.3, -0.25) is 14.6 Å². The van der Waals surface area contributed by atoms with Crippen LogP contribution in [0.4, 0.5) is 24.5 Å². The summed E-state index contributed by atoms with van der Waals surface area (Å²) in [6.45, 7) is 4.92. The van der Waals surface area contributed by atoms with Gasteiger partial charge in [-0.05, 0) is 149 Å². The van der Waals surface area contributed by atoms with E-state index in [1.807, 2.05) is 47.2 Å². The molecule has 10 nitrogen and oxygen atoms in total. The summed E-state index contributed by atoms with van der Waals surface area (Å²) in [5, 5.41) is 3.78. The molecule has 1 atom stereocenters. The van der Waals surface area contributed by atoms with Crippen molar-refractivity contribution in [3.05, 3.63) is 119 Å². The first kappa shape index (κ1) is 47.4. The Labute approximate surface area is 389 Å². The maximum Gasteiger partial charge on any atom is 0.501 e. The number of amides is 1. The molecule has 348 valence electrons. The molecule has 2 bridgehead atoms. The van der Waals surface area contributed by atoms with Crippen molar-refractivity contribution in [3.63, 3.8) is 0 Å². The summed E-state index contributed by atoms with van der Waals surface area (Å²) in [6.07, 6.45) is 10.4. The molecular weight excluding hydrogens is 915 g/mol. The number of piperazine rings is 1. The number of fused-ring (bicyclic) bond motifs is 2. The summed E-state index contributed by atoms with van der Waals surface area (Å²) in [7, 11) is -10.9. The molecule has 17 heteroatoms. The van der Waals surface area contributed by atoms with Gasteiger partial charge in [0.2, 0.25) is 0 Å². The van der Waals surface area contributed by atoms with Gasteiger partial charge in [0.15, 0.2) is 0 Å². The van der Waals surface area contributed by atoms with E-state index < -0.39 is 47.1 Å². The number of thioether (sulfide) groups is 1. The minimum absolute atomic E-state index is 0.0112. The Hall–Kier alpha value is -4.06. The minimum Gasteiger partial charge on any atom is -0.380 e. The van der Waals surface area contributed by atoms with E-state index in [9.17, 15) is 34.8 Å². The van der Waals surface area contributed by atoms with E-state index in [-0.39, 0.29) is 11.3 Å². The van der Waals surface area contributed by atoms with Gasteiger partial charge in [-0.25, -0.2) is 21.6 Å². The van der Waals surface area contributed by atoms with Gasteiger partial charge >= 0.3 is 5.51 Å². The second kappa shape index (κ2) is 20.4. The highest BCUT2D eigenvalue weighted by Crippen LogP contribution is 2.39. The predicted molar refractivity (Wildman–Crippen MR) is 253 cm³/mol. The molecule has 3 aliphatic heterocycles. The highest BCUT2D eigenvalue weighted by Gasteiger charge is 2.48.